The Balaban J connectivity index is 3.80. The smallest absolute Gasteiger partial charge is 0.237 e. The molecule has 0 amide bonds. The topological polar surface area (TPSA) is 29.4 Å². The van der Waals surface area contributed by atoms with Crippen molar-refractivity contribution >= 4 is 6.08 Å². The number of rotatable bonds is 1. The van der Waals surface area contributed by atoms with Gasteiger partial charge in [0.1, 0.15) is 0 Å². The minimum Gasteiger partial charge on any atom is -0.270 e. The maximum Gasteiger partial charge on any atom is 0.237 e. The molecule has 0 heterocycles. The lowest BCUT2D eigenvalue weighted by Crippen LogP contribution is -2.09. The van der Waals surface area contributed by atoms with Gasteiger partial charge >= 0.3 is 0 Å². The molecule has 0 aliphatic heterocycles. The molecular weight excluding hydrogens is 90.1 g/mol. The number of aliphatic imine (C=N–C) groups is 1. The monoisotopic (exact) mass is 96.0 g/mol. The fraction of sp³-hybridized carbons (Fsp3) is 0.200. The second-order valence-electron chi connectivity index (χ2n) is 1.43. The minimum atomic E-state index is -0.998. The average molecular weight is 96.1 g/mol. The maximum atomic E-state index is 9.41. The molecule has 0 aromatic heterocycles. The first-order chi connectivity index (χ1) is 3.06. The second-order valence-corrected chi connectivity index (χ2v) is 1.43. The van der Waals surface area contributed by atoms with Crippen LogP contribution in [0.2, 0.25) is 0 Å². The van der Waals surface area contributed by atoms with E-state index in [0.29, 0.717) is 0 Å². The summed E-state index contributed by atoms with van der Waals surface area (Å²) in [6, 6.07) is 0. The molecule has 0 bridgehead atoms. The normalized spacial score (nSPS) is 16.9. The summed E-state index contributed by atoms with van der Waals surface area (Å²) < 4.78 is 0. The van der Waals surface area contributed by atoms with Crippen LogP contribution in [0.25, 0.3) is 0 Å². The summed E-state index contributed by atoms with van der Waals surface area (Å²) >= 11 is 0. The predicted octanol–water partition coefficient (Wildman–Crippen LogP) is 0.563. The van der Waals surface area contributed by atoms with Crippen molar-refractivity contribution in [3.63, 3.8) is 0 Å². The molecule has 0 atom stereocenters. The van der Waals surface area contributed by atoms with Crippen LogP contribution >= 0.6 is 0 Å². The van der Waals surface area contributed by atoms with Gasteiger partial charge in [-0.2, -0.15) is 4.99 Å². The molecule has 0 aliphatic carbocycles. The molecule has 0 saturated carbocycles. The summed E-state index contributed by atoms with van der Waals surface area (Å²) in [5.41, 5.74) is -0.998. The lowest BCUT2D eigenvalue weighted by atomic mass is 10.1. The van der Waals surface area contributed by atoms with Crippen molar-refractivity contribution in [3.8, 4) is 0 Å². The maximum absolute atomic E-state index is 9.41. The highest BCUT2D eigenvalue weighted by Gasteiger charge is 2.04. The van der Waals surface area contributed by atoms with Crippen molar-refractivity contribution in [2.75, 3.05) is 0 Å². The molecule has 0 aromatic rings. The van der Waals surface area contributed by atoms with Gasteiger partial charge in [-0.05, 0) is 6.92 Å². The number of carbonyl (C=O) groups excluding carboxylic acids is 1. The summed E-state index contributed by atoms with van der Waals surface area (Å²) in [6.07, 6.45) is 1.30. The molecule has 0 aliphatic rings. The van der Waals surface area contributed by atoms with Crippen LogP contribution in [0, 0.1) is 20.8 Å². The molecule has 0 saturated heterocycles. The standard InChI is InChI=1S/C5H6NO/c1-5(2,3)6-4-7/h1-3H2. The van der Waals surface area contributed by atoms with Crippen molar-refractivity contribution in [1.29, 1.82) is 0 Å². The van der Waals surface area contributed by atoms with E-state index < -0.39 is 5.54 Å². The molecule has 0 spiro atoms. The SMILES string of the molecule is [CH2]C([CH2+])([CH2-])N=C=O. The van der Waals surface area contributed by atoms with Gasteiger partial charge in [0.15, 0.2) is 0 Å². The van der Waals surface area contributed by atoms with E-state index in [9.17, 15) is 4.79 Å². The van der Waals surface area contributed by atoms with Gasteiger partial charge in [0, 0.05) is 0 Å². The zero-order chi connectivity index (χ0) is 5.91. The third-order valence-electron chi connectivity index (χ3n) is 0.283. The van der Waals surface area contributed by atoms with Gasteiger partial charge in [-0.3, -0.25) is 6.92 Å². The summed E-state index contributed by atoms with van der Waals surface area (Å²) in [6.45, 7) is 9.93. The van der Waals surface area contributed by atoms with Crippen LogP contribution in [0.5, 0.6) is 0 Å². The first kappa shape index (κ1) is 6.25. The van der Waals surface area contributed by atoms with Crippen molar-refractivity contribution in [2.45, 2.75) is 5.54 Å². The predicted molar refractivity (Wildman–Crippen MR) is 26.9 cm³/mol. The molecule has 0 N–H and O–H groups in total. The van der Waals surface area contributed by atoms with Gasteiger partial charge in [0.05, 0.1) is 12.5 Å². The van der Waals surface area contributed by atoms with Crippen molar-refractivity contribution in [3.05, 3.63) is 20.8 Å². The van der Waals surface area contributed by atoms with Gasteiger partial charge in [-0.15, -0.1) is 0 Å². The number of hydrogen-bond acceptors (Lipinski definition) is 2. The lowest BCUT2D eigenvalue weighted by Gasteiger charge is -2.05. The van der Waals surface area contributed by atoms with E-state index in [1.54, 1.807) is 0 Å². The Kier molecular flexibility index (Phi) is 1.61. The highest BCUT2D eigenvalue weighted by molar-refractivity contribution is 5.35. The van der Waals surface area contributed by atoms with E-state index in [0.717, 1.165) is 0 Å². The first-order valence-corrected chi connectivity index (χ1v) is 1.71. The van der Waals surface area contributed by atoms with Crippen molar-refractivity contribution in [2.24, 2.45) is 4.99 Å². The van der Waals surface area contributed by atoms with Crippen molar-refractivity contribution < 1.29 is 4.79 Å². The zero-order valence-electron chi connectivity index (χ0n) is 3.98. The van der Waals surface area contributed by atoms with Crippen LogP contribution in [-0.2, 0) is 4.79 Å². The van der Waals surface area contributed by atoms with E-state index in [4.69, 9.17) is 0 Å². The molecule has 0 rings (SSSR count). The summed E-state index contributed by atoms with van der Waals surface area (Å²) in [7, 11) is 0. The van der Waals surface area contributed by atoms with Gasteiger partial charge in [0.25, 0.3) is 0 Å². The number of isocyanates is 1. The van der Waals surface area contributed by atoms with Crippen LogP contribution in [0.4, 0.5) is 0 Å². The molecule has 0 fully saturated rings. The highest BCUT2D eigenvalue weighted by Crippen LogP contribution is 2.00. The summed E-state index contributed by atoms with van der Waals surface area (Å²) in [5.74, 6) is 0. The molecule has 2 nitrogen and oxygen atoms in total. The van der Waals surface area contributed by atoms with Gasteiger partial charge in [0.2, 0.25) is 6.08 Å². The Morgan fingerprint density at radius 3 is 2.43 bits per heavy atom. The van der Waals surface area contributed by atoms with Crippen LogP contribution < -0.4 is 0 Å². The lowest BCUT2D eigenvalue weighted by molar-refractivity contribution is 0.559. The Morgan fingerprint density at radius 1 is 2.00 bits per heavy atom. The quantitative estimate of drug-likeness (QED) is 0.266. The molecule has 0 unspecified atom stereocenters. The average Bonchev–Trinajstić information content (AvgIpc) is 1.30. The fourth-order valence-corrected chi connectivity index (χ4v) is 0.0968. The van der Waals surface area contributed by atoms with Crippen LogP contribution in [0.1, 0.15) is 0 Å². The summed E-state index contributed by atoms with van der Waals surface area (Å²) in [5, 5.41) is 0. The van der Waals surface area contributed by atoms with E-state index in [1.807, 2.05) is 0 Å². The van der Waals surface area contributed by atoms with Gasteiger partial charge in [-0.25, -0.2) is 4.79 Å². The van der Waals surface area contributed by atoms with E-state index in [1.165, 1.54) is 6.08 Å². The molecule has 1 radical (unpaired) electrons. The van der Waals surface area contributed by atoms with E-state index in [-0.39, 0.29) is 0 Å². The number of hydrogen-bond donors (Lipinski definition) is 0. The molecule has 37 valence electrons. The Bertz CT molecular complexity index is 95.1. The molecule has 0 aromatic carbocycles. The minimum absolute atomic E-state index is 0.998. The fourth-order valence-electron chi connectivity index (χ4n) is 0.0968. The molecule has 2 heteroatoms. The Labute approximate surface area is 43.3 Å². The van der Waals surface area contributed by atoms with Crippen LogP contribution in [0.15, 0.2) is 4.99 Å². The largest absolute Gasteiger partial charge is 0.270 e. The van der Waals surface area contributed by atoms with Crippen molar-refractivity contribution in [1.82, 2.24) is 0 Å². The molecule has 7 heavy (non-hydrogen) atoms. The van der Waals surface area contributed by atoms with E-state index >= 15 is 0 Å². The molecular formula is C5H6NO. The number of nitrogens with zero attached hydrogens (tertiary/aromatic N) is 1. The van der Waals surface area contributed by atoms with Gasteiger partial charge < -0.3 is 0 Å². The van der Waals surface area contributed by atoms with Crippen LogP contribution in [0.3, 0.4) is 0 Å². The van der Waals surface area contributed by atoms with Crippen LogP contribution in [-0.4, -0.2) is 11.6 Å². The third kappa shape index (κ3) is 5.25. The van der Waals surface area contributed by atoms with Gasteiger partial charge in [-0.1, -0.05) is 0 Å². The Hall–Kier alpha value is -0.750. The highest BCUT2D eigenvalue weighted by atomic mass is 16.1. The third-order valence-corrected chi connectivity index (χ3v) is 0.283. The first-order valence-electron chi connectivity index (χ1n) is 1.71. The zero-order valence-corrected chi connectivity index (χ0v) is 3.98. The second kappa shape index (κ2) is 1.80. The van der Waals surface area contributed by atoms with E-state index in [2.05, 4.69) is 25.8 Å². The summed E-state index contributed by atoms with van der Waals surface area (Å²) in [4.78, 5) is 12.5. The Morgan fingerprint density at radius 2 is 2.43 bits per heavy atom.